The Morgan fingerprint density at radius 3 is 2.66 bits per heavy atom. The van der Waals surface area contributed by atoms with Crippen LogP contribution in [0, 0.1) is 18.3 Å². The second-order valence-electron chi connectivity index (χ2n) is 9.82. The van der Waals surface area contributed by atoms with Crippen molar-refractivity contribution in [2.45, 2.75) is 39.0 Å². The highest BCUT2D eigenvalue weighted by atomic mass is 16.5. The molecule has 0 aliphatic heterocycles. The summed E-state index contributed by atoms with van der Waals surface area (Å²) < 4.78 is 6.41. The Morgan fingerprint density at radius 2 is 1.89 bits per heavy atom. The number of carbonyl (C=O) groups is 1. The van der Waals surface area contributed by atoms with Crippen LogP contribution in [0.3, 0.4) is 0 Å². The van der Waals surface area contributed by atoms with E-state index in [2.05, 4.69) is 20.3 Å². The second-order valence-corrected chi connectivity index (χ2v) is 9.82. The number of nitrogens with zero attached hydrogens (tertiary/aromatic N) is 3. The normalized spacial score (nSPS) is 16.5. The van der Waals surface area contributed by atoms with Crippen molar-refractivity contribution in [2.24, 2.45) is 11.3 Å². The van der Waals surface area contributed by atoms with Crippen molar-refractivity contribution in [3.8, 4) is 22.9 Å². The summed E-state index contributed by atoms with van der Waals surface area (Å²) in [7, 11) is 0. The first kappa shape index (κ1) is 21.5. The van der Waals surface area contributed by atoms with E-state index in [1.54, 1.807) is 18.5 Å². The van der Waals surface area contributed by atoms with Crippen LogP contribution in [-0.2, 0) is 4.79 Å². The first-order valence-electron chi connectivity index (χ1n) is 12.1. The van der Waals surface area contributed by atoms with E-state index in [1.807, 2.05) is 49.4 Å². The molecule has 1 spiro atoms. The van der Waals surface area contributed by atoms with Gasteiger partial charge in [0.15, 0.2) is 0 Å². The fourth-order valence-electron chi connectivity index (χ4n) is 5.46. The van der Waals surface area contributed by atoms with Gasteiger partial charge in [0.1, 0.15) is 5.75 Å². The van der Waals surface area contributed by atoms with E-state index in [-0.39, 0.29) is 17.8 Å². The van der Waals surface area contributed by atoms with E-state index >= 15 is 0 Å². The van der Waals surface area contributed by atoms with Gasteiger partial charge in [0.2, 0.25) is 17.7 Å². The predicted molar refractivity (Wildman–Crippen MR) is 136 cm³/mol. The van der Waals surface area contributed by atoms with Gasteiger partial charge < -0.3 is 15.8 Å². The van der Waals surface area contributed by atoms with Crippen molar-refractivity contribution < 1.29 is 9.53 Å². The third kappa shape index (κ3) is 3.87. The first-order chi connectivity index (χ1) is 17.0. The van der Waals surface area contributed by atoms with Crippen LogP contribution in [0.1, 0.15) is 37.7 Å². The van der Waals surface area contributed by atoms with Crippen molar-refractivity contribution in [3.63, 3.8) is 0 Å². The lowest BCUT2D eigenvalue weighted by Crippen LogP contribution is -2.47. The van der Waals surface area contributed by atoms with Gasteiger partial charge in [-0.25, -0.2) is 15.0 Å². The summed E-state index contributed by atoms with van der Waals surface area (Å²) in [5.41, 5.74) is 9.38. The zero-order valence-electron chi connectivity index (χ0n) is 19.6. The summed E-state index contributed by atoms with van der Waals surface area (Å²) in [6, 6.07) is 15.4. The lowest BCUT2D eigenvalue weighted by molar-refractivity contribution is -0.131. The molecule has 0 bridgehead atoms. The molecule has 0 unspecified atom stereocenters. The number of nitrogen functional groups attached to an aromatic ring is 1. The first-order valence-corrected chi connectivity index (χ1v) is 12.1. The molecule has 176 valence electrons. The molecule has 0 radical (unpaired) electrons. The quantitative estimate of drug-likeness (QED) is 0.381. The van der Waals surface area contributed by atoms with Crippen LogP contribution < -0.4 is 15.8 Å². The molecule has 35 heavy (non-hydrogen) atoms. The van der Waals surface area contributed by atoms with E-state index < -0.39 is 0 Å². The molecule has 6 rings (SSSR count). The molecular formula is C28H27N5O2. The standard InChI is InChI=1S/C28H27N5O2/c1-17-8-9-19-20(5-2-7-22(19)32-25(34)18-15-28(16-18)11-4-12-28)24(17)35-26-21(6-3-13-30-26)23-10-14-31-27(29)33-23/h2-3,5-10,13-14,18H,4,11-12,15-16H2,1H3,(H,32,34)(H2,29,31,33). The molecule has 4 aromatic rings. The molecule has 7 nitrogen and oxygen atoms in total. The minimum absolute atomic E-state index is 0.114. The van der Waals surface area contributed by atoms with Gasteiger partial charge in [0.25, 0.3) is 0 Å². The van der Waals surface area contributed by atoms with Crippen LogP contribution in [-0.4, -0.2) is 20.9 Å². The Morgan fingerprint density at radius 1 is 1.03 bits per heavy atom. The lowest BCUT2D eigenvalue weighted by Gasteiger charge is -2.53. The van der Waals surface area contributed by atoms with Crippen LogP contribution in [0.2, 0.25) is 0 Å². The molecule has 2 heterocycles. The van der Waals surface area contributed by atoms with Gasteiger partial charge in [0.05, 0.1) is 11.3 Å². The number of pyridine rings is 1. The Labute approximate surface area is 203 Å². The van der Waals surface area contributed by atoms with Gasteiger partial charge in [-0.1, -0.05) is 30.7 Å². The molecule has 2 aromatic carbocycles. The Balaban J connectivity index is 1.32. The summed E-state index contributed by atoms with van der Waals surface area (Å²) in [5.74, 6) is 1.54. The number of anilines is 2. The SMILES string of the molecule is Cc1ccc2c(NC(=O)C3CC4(CCC4)C3)cccc2c1Oc1ncccc1-c1ccnc(N)n1. The van der Waals surface area contributed by atoms with Gasteiger partial charge in [-0.05, 0) is 67.9 Å². The molecule has 1 amide bonds. The molecular weight excluding hydrogens is 438 g/mol. The predicted octanol–water partition coefficient (Wildman–Crippen LogP) is 5.89. The van der Waals surface area contributed by atoms with E-state index in [0.29, 0.717) is 22.7 Å². The van der Waals surface area contributed by atoms with E-state index in [4.69, 9.17) is 10.5 Å². The smallest absolute Gasteiger partial charge is 0.228 e. The van der Waals surface area contributed by atoms with Crippen molar-refractivity contribution in [1.29, 1.82) is 0 Å². The molecule has 7 heteroatoms. The number of fused-ring (bicyclic) bond motifs is 1. The van der Waals surface area contributed by atoms with Crippen molar-refractivity contribution in [2.75, 3.05) is 11.1 Å². The van der Waals surface area contributed by atoms with Crippen LogP contribution in [0.4, 0.5) is 11.6 Å². The third-order valence-corrected chi connectivity index (χ3v) is 7.53. The maximum atomic E-state index is 13.0. The average molecular weight is 466 g/mol. The fraction of sp³-hybridized carbons (Fsp3) is 0.286. The summed E-state index contributed by atoms with van der Waals surface area (Å²) in [4.78, 5) is 25.7. The van der Waals surface area contributed by atoms with Gasteiger partial charge >= 0.3 is 0 Å². The fourth-order valence-corrected chi connectivity index (χ4v) is 5.46. The summed E-state index contributed by atoms with van der Waals surface area (Å²) >= 11 is 0. The Hall–Kier alpha value is -4.00. The molecule has 2 aliphatic carbocycles. The van der Waals surface area contributed by atoms with Crippen LogP contribution in [0.15, 0.2) is 60.9 Å². The number of hydrogen-bond donors (Lipinski definition) is 2. The lowest BCUT2D eigenvalue weighted by atomic mass is 9.51. The summed E-state index contributed by atoms with van der Waals surface area (Å²) in [6.45, 7) is 2.00. The molecule has 2 aromatic heterocycles. The highest BCUT2D eigenvalue weighted by Gasteiger charge is 2.50. The highest BCUT2D eigenvalue weighted by molar-refractivity contribution is 6.05. The molecule has 0 atom stereocenters. The van der Waals surface area contributed by atoms with Crippen LogP contribution in [0.25, 0.3) is 22.0 Å². The number of amides is 1. The zero-order chi connectivity index (χ0) is 24.0. The maximum Gasteiger partial charge on any atom is 0.228 e. The van der Waals surface area contributed by atoms with E-state index in [9.17, 15) is 4.79 Å². The minimum atomic E-state index is 0.114. The average Bonchev–Trinajstić information content (AvgIpc) is 2.79. The number of ether oxygens (including phenoxy) is 1. The monoisotopic (exact) mass is 465 g/mol. The number of carbonyl (C=O) groups excluding carboxylic acids is 1. The van der Waals surface area contributed by atoms with E-state index in [1.165, 1.54) is 19.3 Å². The highest BCUT2D eigenvalue weighted by Crippen LogP contribution is 2.58. The van der Waals surface area contributed by atoms with Gasteiger partial charge in [-0.15, -0.1) is 0 Å². The van der Waals surface area contributed by atoms with Crippen molar-refractivity contribution in [1.82, 2.24) is 15.0 Å². The van der Waals surface area contributed by atoms with Gasteiger partial charge in [-0.3, -0.25) is 4.79 Å². The van der Waals surface area contributed by atoms with Crippen molar-refractivity contribution >= 4 is 28.3 Å². The van der Waals surface area contributed by atoms with Crippen LogP contribution in [0.5, 0.6) is 11.6 Å². The van der Waals surface area contributed by atoms with Crippen LogP contribution >= 0.6 is 0 Å². The summed E-state index contributed by atoms with van der Waals surface area (Å²) in [5, 5.41) is 5.03. The molecule has 2 fully saturated rings. The molecule has 2 aliphatic rings. The van der Waals surface area contributed by atoms with Crippen molar-refractivity contribution in [3.05, 3.63) is 66.5 Å². The maximum absolute atomic E-state index is 13.0. The minimum Gasteiger partial charge on any atom is -0.437 e. The zero-order valence-corrected chi connectivity index (χ0v) is 19.6. The van der Waals surface area contributed by atoms with Gasteiger partial charge in [0, 0.05) is 34.8 Å². The molecule has 2 saturated carbocycles. The largest absolute Gasteiger partial charge is 0.437 e. The number of aryl methyl sites for hydroxylation is 1. The number of nitrogens with two attached hydrogens (primary N) is 1. The number of benzene rings is 2. The topological polar surface area (TPSA) is 103 Å². The number of rotatable bonds is 5. The third-order valence-electron chi connectivity index (χ3n) is 7.53. The number of nitrogens with one attached hydrogen (secondary N) is 1. The molecule has 3 N–H and O–H groups in total. The Kier molecular flexibility index (Phi) is 5.13. The van der Waals surface area contributed by atoms with E-state index in [0.717, 1.165) is 40.4 Å². The number of aromatic nitrogens is 3. The molecule has 0 saturated heterocycles. The Bertz CT molecular complexity index is 1440. The number of hydrogen-bond acceptors (Lipinski definition) is 6. The second kappa shape index (κ2) is 8.34. The summed E-state index contributed by atoms with van der Waals surface area (Å²) in [6.07, 6.45) is 9.21. The van der Waals surface area contributed by atoms with Gasteiger partial charge in [-0.2, -0.15) is 0 Å².